The summed E-state index contributed by atoms with van der Waals surface area (Å²) in [6.45, 7) is 0. The zero-order valence-electron chi connectivity index (χ0n) is 17.0. The second-order valence-corrected chi connectivity index (χ2v) is 7.51. The van der Waals surface area contributed by atoms with E-state index in [1.54, 1.807) is 16.9 Å². The van der Waals surface area contributed by atoms with Crippen LogP contribution in [0.15, 0.2) is 54.9 Å². The molecule has 2 heterocycles. The second-order valence-electron chi connectivity index (χ2n) is 7.51. The number of hydrogen-bond acceptors (Lipinski definition) is 6. The zero-order valence-corrected chi connectivity index (χ0v) is 17.0. The number of amides is 1. The molecular weight excluding hydrogens is 378 g/mol. The second kappa shape index (κ2) is 8.96. The predicted octanol–water partition coefficient (Wildman–Crippen LogP) is 3.05. The molecule has 156 valence electrons. The maximum absolute atomic E-state index is 12.0. The number of primary amides is 1. The SMILES string of the molecule is CNC1CCCC[C@H]1Nc1ccc(C(N)=O)c(Nc2cccc(-n3cccn3)c2)n1. The Hall–Kier alpha value is -3.39. The van der Waals surface area contributed by atoms with Gasteiger partial charge in [-0.25, -0.2) is 9.67 Å². The molecule has 0 spiro atoms. The molecule has 2 atom stereocenters. The maximum atomic E-state index is 12.0. The molecule has 0 radical (unpaired) electrons. The fourth-order valence-electron chi connectivity index (χ4n) is 3.96. The summed E-state index contributed by atoms with van der Waals surface area (Å²) in [5, 5.41) is 14.4. The summed E-state index contributed by atoms with van der Waals surface area (Å²) in [4.78, 5) is 16.6. The van der Waals surface area contributed by atoms with E-state index in [2.05, 4.69) is 26.0 Å². The summed E-state index contributed by atoms with van der Waals surface area (Å²) < 4.78 is 1.77. The molecule has 1 fully saturated rings. The van der Waals surface area contributed by atoms with Crippen LogP contribution in [0.2, 0.25) is 0 Å². The standard InChI is InChI=1S/C22H27N7O/c1-24-18-8-2-3-9-19(18)27-20-11-10-17(21(23)30)22(28-20)26-15-6-4-7-16(14-15)29-13-5-12-25-29/h4-7,10-14,18-19,24H,2-3,8-9H2,1H3,(H2,23,30)(H2,26,27,28)/t18?,19-/m1/s1. The molecule has 0 aliphatic heterocycles. The lowest BCUT2D eigenvalue weighted by molar-refractivity contribution is 0.100. The summed E-state index contributed by atoms with van der Waals surface area (Å²) in [6.07, 6.45) is 8.25. The van der Waals surface area contributed by atoms with Crippen LogP contribution in [0.25, 0.3) is 5.69 Å². The predicted molar refractivity (Wildman–Crippen MR) is 118 cm³/mol. The molecule has 1 aliphatic rings. The van der Waals surface area contributed by atoms with Crippen LogP contribution in [0.3, 0.4) is 0 Å². The lowest BCUT2D eigenvalue weighted by Crippen LogP contribution is -2.44. The molecule has 1 aliphatic carbocycles. The van der Waals surface area contributed by atoms with Gasteiger partial charge in [-0.05, 0) is 56.3 Å². The molecule has 4 rings (SSSR count). The van der Waals surface area contributed by atoms with Crippen molar-refractivity contribution in [2.24, 2.45) is 5.73 Å². The van der Waals surface area contributed by atoms with Gasteiger partial charge >= 0.3 is 0 Å². The first kappa shape index (κ1) is 19.9. The van der Waals surface area contributed by atoms with Crippen LogP contribution in [0, 0.1) is 0 Å². The van der Waals surface area contributed by atoms with Gasteiger partial charge in [0.15, 0.2) is 0 Å². The Bertz CT molecular complexity index is 1000. The molecule has 1 amide bonds. The average molecular weight is 406 g/mol. The largest absolute Gasteiger partial charge is 0.366 e. The van der Waals surface area contributed by atoms with Gasteiger partial charge in [0.05, 0.1) is 11.3 Å². The van der Waals surface area contributed by atoms with Crippen molar-refractivity contribution >= 4 is 23.2 Å². The number of carbonyl (C=O) groups excluding carboxylic acids is 1. The molecule has 0 saturated heterocycles. The van der Waals surface area contributed by atoms with E-state index in [0.29, 0.717) is 23.5 Å². The lowest BCUT2D eigenvalue weighted by Gasteiger charge is -2.32. The van der Waals surface area contributed by atoms with Crippen molar-refractivity contribution in [1.29, 1.82) is 0 Å². The van der Waals surface area contributed by atoms with E-state index in [1.165, 1.54) is 12.8 Å². The number of pyridine rings is 1. The number of nitrogens with zero attached hydrogens (tertiary/aromatic N) is 3. The van der Waals surface area contributed by atoms with Crippen molar-refractivity contribution in [3.05, 3.63) is 60.4 Å². The fraction of sp³-hybridized carbons (Fsp3) is 0.318. The highest BCUT2D eigenvalue weighted by molar-refractivity contribution is 5.98. The van der Waals surface area contributed by atoms with Crippen LogP contribution in [0.4, 0.5) is 17.3 Å². The number of nitrogens with one attached hydrogen (secondary N) is 3. The minimum absolute atomic E-state index is 0.298. The first-order chi connectivity index (χ1) is 14.6. The molecule has 1 aromatic carbocycles. The van der Waals surface area contributed by atoms with E-state index in [1.807, 2.05) is 49.6 Å². The number of nitrogens with two attached hydrogens (primary N) is 1. The van der Waals surface area contributed by atoms with Gasteiger partial charge in [-0.1, -0.05) is 18.9 Å². The van der Waals surface area contributed by atoms with Crippen molar-refractivity contribution in [2.45, 2.75) is 37.8 Å². The maximum Gasteiger partial charge on any atom is 0.252 e. The molecule has 1 saturated carbocycles. The molecule has 0 bridgehead atoms. The first-order valence-corrected chi connectivity index (χ1v) is 10.3. The number of aromatic nitrogens is 3. The van der Waals surface area contributed by atoms with Gasteiger partial charge in [-0.2, -0.15) is 5.10 Å². The summed E-state index contributed by atoms with van der Waals surface area (Å²) in [5.41, 5.74) is 7.63. The van der Waals surface area contributed by atoms with E-state index < -0.39 is 5.91 Å². The monoisotopic (exact) mass is 405 g/mol. The minimum Gasteiger partial charge on any atom is -0.366 e. The van der Waals surface area contributed by atoms with Crippen molar-refractivity contribution in [3.63, 3.8) is 0 Å². The molecule has 2 aromatic heterocycles. The van der Waals surface area contributed by atoms with Gasteiger partial charge in [-0.15, -0.1) is 0 Å². The third kappa shape index (κ3) is 4.44. The van der Waals surface area contributed by atoms with Crippen LogP contribution < -0.4 is 21.7 Å². The summed E-state index contributed by atoms with van der Waals surface area (Å²) in [6, 6.07) is 13.8. The number of anilines is 3. The Morgan fingerprint density at radius 3 is 2.70 bits per heavy atom. The lowest BCUT2D eigenvalue weighted by atomic mass is 9.90. The van der Waals surface area contributed by atoms with Gasteiger partial charge in [0, 0.05) is 30.2 Å². The van der Waals surface area contributed by atoms with Crippen LogP contribution in [0.1, 0.15) is 36.0 Å². The van der Waals surface area contributed by atoms with Crippen molar-refractivity contribution in [3.8, 4) is 5.69 Å². The summed E-state index contributed by atoms with van der Waals surface area (Å²) >= 11 is 0. The Labute approximate surface area is 175 Å². The molecule has 8 heteroatoms. The number of carbonyl (C=O) groups is 1. The number of hydrogen-bond donors (Lipinski definition) is 4. The van der Waals surface area contributed by atoms with Gasteiger partial charge in [0.1, 0.15) is 11.6 Å². The average Bonchev–Trinajstić information content (AvgIpc) is 3.29. The topological polar surface area (TPSA) is 110 Å². The third-order valence-electron chi connectivity index (χ3n) is 5.51. The van der Waals surface area contributed by atoms with Crippen LogP contribution in [-0.4, -0.2) is 39.8 Å². The van der Waals surface area contributed by atoms with Gasteiger partial charge < -0.3 is 21.7 Å². The fourth-order valence-corrected chi connectivity index (χ4v) is 3.96. The Balaban J connectivity index is 1.59. The molecule has 8 nitrogen and oxygen atoms in total. The van der Waals surface area contributed by atoms with E-state index in [-0.39, 0.29) is 0 Å². The molecule has 30 heavy (non-hydrogen) atoms. The smallest absolute Gasteiger partial charge is 0.252 e. The van der Waals surface area contributed by atoms with Gasteiger partial charge in [0.2, 0.25) is 0 Å². The van der Waals surface area contributed by atoms with Crippen LogP contribution >= 0.6 is 0 Å². The quantitative estimate of drug-likeness (QED) is 0.481. The van der Waals surface area contributed by atoms with Crippen LogP contribution in [-0.2, 0) is 0 Å². The number of rotatable bonds is 7. The molecule has 1 unspecified atom stereocenters. The van der Waals surface area contributed by atoms with E-state index in [4.69, 9.17) is 5.73 Å². The van der Waals surface area contributed by atoms with E-state index in [9.17, 15) is 4.79 Å². The molecular formula is C22H27N7O. The molecule has 5 N–H and O–H groups in total. The van der Waals surface area contributed by atoms with Crippen molar-refractivity contribution in [1.82, 2.24) is 20.1 Å². The highest BCUT2D eigenvalue weighted by Crippen LogP contribution is 2.25. The first-order valence-electron chi connectivity index (χ1n) is 10.3. The van der Waals surface area contributed by atoms with Crippen molar-refractivity contribution < 1.29 is 4.79 Å². The van der Waals surface area contributed by atoms with Gasteiger partial charge in [-0.3, -0.25) is 4.79 Å². The zero-order chi connectivity index (χ0) is 20.9. The minimum atomic E-state index is -0.523. The number of likely N-dealkylation sites (N-methyl/N-ethyl adjacent to an activating group) is 1. The Kier molecular flexibility index (Phi) is 5.94. The van der Waals surface area contributed by atoms with Gasteiger partial charge in [0.25, 0.3) is 5.91 Å². The highest BCUT2D eigenvalue weighted by Gasteiger charge is 2.24. The van der Waals surface area contributed by atoms with E-state index in [0.717, 1.165) is 30.0 Å². The highest BCUT2D eigenvalue weighted by atomic mass is 16.1. The number of benzene rings is 1. The summed E-state index contributed by atoms with van der Waals surface area (Å²) in [7, 11) is 1.99. The van der Waals surface area contributed by atoms with Crippen molar-refractivity contribution in [2.75, 3.05) is 17.7 Å². The normalized spacial score (nSPS) is 18.7. The molecule has 3 aromatic rings. The third-order valence-corrected chi connectivity index (χ3v) is 5.51. The Morgan fingerprint density at radius 2 is 1.97 bits per heavy atom. The van der Waals surface area contributed by atoms with E-state index >= 15 is 0 Å². The Morgan fingerprint density at radius 1 is 1.13 bits per heavy atom. The summed E-state index contributed by atoms with van der Waals surface area (Å²) in [5.74, 6) is 0.630. The van der Waals surface area contributed by atoms with Crippen LogP contribution in [0.5, 0.6) is 0 Å².